The topological polar surface area (TPSA) is 84.6 Å². The van der Waals surface area contributed by atoms with Gasteiger partial charge in [0.05, 0.1) is 17.1 Å². The fraction of sp³-hybridized carbons (Fsp3) is 0.133. The van der Waals surface area contributed by atoms with Gasteiger partial charge in [0.2, 0.25) is 0 Å². The number of nitrogen functional groups attached to an aromatic ring is 1. The van der Waals surface area contributed by atoms with Gasteiger partial charge in [-0.25, -0.2) is 4.79 Å². The second-order valence-electron chi connectivity index (χ2n) is 4.53. The van der Waals surface area contributed by atoms with E-state index in [4.69, 9.17) is 15.6 Å². The maximum Gasteiger partial charge on any atom is 0.337 e. The molecule has 2 aromatic rings. The minimum atomic E-state index is -1.05. The zero-order chi connectivity index (χ0) is 15.6. The molecule has 0 fully saturated rings. The van der Waals surface area contributed by atoms with Crippen molar-refractivity contribution >= 4 is 39.0 Å². The number of aromatic carboxylic acids is 1. The third-order valence-electron chi connectivity index (χ3n) is 3.06. The SMILES string of the molecule is COc1cc(Nc2cc(C)c(N)c(C(=O)O)c2)ccc1Br. The van der Waals surface area contributed by atoms with E-state index in [1.165, 1.54) is 6.07 Å². The first-order valence-corrected chi connectivity index (χ1v) is 6.95. The van der Waals surface area contributed by atoms with Crippen LogP contribution >= 0.6 is 15.9 Å². The lowest BCUT2D eigenvalue weighted by Gasteiger charge is -2.12. The minimum Gasteiger partial charge on any atom is -0.495 e. The van der Waals surface area contributed by atoms with E-state index in [1.54, 1.807) is 20.1 Å². The van der Waals surface area contributed by atoms with Crippen LogP contribution in [0.4, 0.5) is 17.1 Å². The van der Waals surface area contributed by atoms with E-state index in [2.05, 4.69) is 21.2 Å². The number of ether oxygens (including phenoxy) is 1. The fourth-order valence-electron chi connectivity index (χ4n) is 1.95. The standard InChI is InChI=1S/C15H15BrN2O3/c1-8-5-10(6-11(14(8)17)15(19)20)18-9-3-4-12(16)13(7-9)21-2/h3-7,18H,17H2,1-2H3,(H,19,20). The van der Waals surface area contributed by atoms with Crippen molar-refractivity contribution in [2.45, 2.75) is 6.92 Å². The lowest BCUT2D eigenvalue weighted by Crippen LogP contribution is -2.05. The normalized spacial score (nSPS) is 10.2. The molecule has 0 atom stereocenters. The number of carbonyl (C=O) groups is 1. The summed E-state index contributed by atoms with van der Waals surface area (Å²) in [6, 6.07) is 8.84. The predicted molar refractivity (Wildman–Crippen MR) is 86.5 cm³/mol. The zero-order valence-corrected chi connectivity index (χ0v) is 13.2. The van der Waals surface area contributed by atoms with Crippen molar-refractivity contribution in [3.05, 3.63) is 45.9 Å². The summed E-state index contributed by atoms with van der Waals surface area (Å²) in [7, 11) is 1.58. The molecule has 0 spiro atoms. The van der Waals surface area contributed by atoms with Crippen LogP contribution in [-0.4, -0.2) is 18.2 Å². The molecule has 0 amide bonds. The fourth-order valence-corrected chi connectivity index (χ4v) is 2.36. The number of nitrogens with one attached hydrogen (secondary N) is 1. The molecular weight excluding hydrogens is 336 g/mol. The summed E-state index contributed by atoms with van der Waals surface area (Å²) < 4.78 is 6.07. The van der Waals surface area contributed by atoms with Crippen LogP contribution in [0.1, 0.15) is 15.9 Å². The predicted octanol–water partition coefficient (Wildman–Crippen LogP) is 3.79. The number of halogens is 1. The number of benzene rings is 2. The van der Waals surface area contributed by atoms with Gasteiger partial charge in [-0.2, -0.15) is 0 Å². The highest BCUT2D eigenvalue weighted by atomic mass is 79.9. The van der Waals surface area contributed by atoms with E-state index in [9.17, 15) is 4.79 Å². The van der Waals surface area contributed by atoms with Crippen LogP contribution in [-0.2, 0) is 0 Å². The number of anilines is 3. The molecule has 0 saturated carbocycles. The Labute approximate surface area is 130 Å². The van der Waals surface area contributed by atoms with E-state index in [1.807, 2.05) is 18.2 Å². The summed E-state index contributed by atoms with van der Waals surface area (Å²) >= 11 is 3.38. The lowest BCUT2D eigenvalue weighted by molar-refractivity contribution is 0.0698. The van der Waals surface area contributed by atoms with Crippen molar-refractivity contribution in [2.24, 2.45) is 0 Å². The minimum absolute atomic E-state index is 0.0848. The van der Waals surface area contributed by atoms with Gasteiger partial charge in [0.25, 0.3) is 0 Å². The van der Waals surface area contributed by atoms with Crippen LogP contribution in [0.3, 0.4) is 0 Å². The molecule has 2 rings (SSSR count). The van der Waals surface area contributed by atoms with Gasteiger partial charge in [-0.05, 0) is 52.7 Å². The zero-order valence-electron chi connectivity index (χ0n) is 11.6. The quantitative estimate of drug-likeness (QED) is 0.730. The molecule has 0 saturated heterocycles. The summed E-state index contributed by atoms with van der Waals surface area (Å²) in [6.07, 6.45) is 0. The Bertz CT molecular complexity index is 702. The maximum absolute atomic E-state index is 11.2. The molecular formula is C15H15BrN2O3. The number of hydrogen-bond donors (Lipinski definition) is 3. The summed E-state index contributed by atoms with van der Waals surface area (Å²) in [5, 5.41) is 12.3. The number of carboxylic acids is 1. The van der Waals surface area contributed by atoms with Crippen molar-refractivity contribution in [1.29, 1.82) is 0 Å². The molecule has 4 N–H and O–H groups in total. The van der Waals surface area contributed by atoms with Crippen LogP contribution in [0.25, 0.3) is 0 Å². The van der Waals surface area contributed by atoms with Gasteiger partial charge in [0.15, 0.2) is 0 Å². The smallest absolute Gasteiger partial charge is 0.337 e. The highest BCUT2D eigenvalue weighted by molar-refractivity contribution is 9.10. The van der Waals surface area contributed by atoms with E-state index in [0.717, 1.165) is 10.2 Å². The molecule has 0 aliphatic carbocycles. The van der Waals surface area contributed by atoms with Gasteiger partial charge in [0, 0.05) is 23.1 Å². The first-order chi connectivity index (χ1) is 9.92. The van der Waals surface area contributed by atoms with Gasteiger partial charge < -0.3 is 20.9 Å². The molecule has 0 aliphatic rings. The first kappa shape index (κ1) is 15.2. The Kier molecular flexibility index (Phi) is 4.37. The Morgan fingerprint density at radius 3 is 2.62 bits per heavy atom. The van der Waals surface area contributed by atoms with E-state index in [0.29, 0.717) is 17.0 Å². The highest BCUT2D eigenvalue weighted by Crippen LogP contribution is 2.31. The van der Waals surface area contributed by atoms with Crippen molar-refractivity contribution < 1.29 is 14.6 Å². The summed E-state index contributed by atoms with van der Waals surface area (Å²) in [6.45, 7) is 1.77. The Balaban J connectivity index is 2.38. The molecule has 0 bridgehead atoms. The van der Waals surface area contributed by atoms with Crippen molar-refractivity contribution in [2.75, 3.05) is 18.2 Å². The van der Waals surface area contributed by atoms with E-state index in [-0.39, 0.29) is 11.3 Å². The van der Waals surface area contributed by atoms with Crippen molar-refractivity contribution in [3.8, 4) is 5.75 Å². The van der Waals surface area contributed by atoms with Gasteiger partial charge in [-0.15, -0.1) is 0 Å². The molecule has 0 radical (unpaired) electrons. The number of carboxylic acid groups (broad SMARTS) is 1. The summed E-state index contributed by atoms with van der Waals surface area (Å²) in [5.41, 5.74) is 8.29. The number of hydrogen-bond acceptors (Lipinski definition) is 4. The number of nitrogens with two attached hydrogens (primary N) is 1. The van der Waals surface area contributed by atoms with Gasteiger partial charge >= 0.3 is 5.97 Å². The molecule has 2 aromatic carbocycles. The number of aryl methyl sites for hydroxylation is 1. The molecule has 0 unspecified atom stereocenters. The molecule has 5 nitrogen and oxygen atoms in total. The molecule has 0 aromatic heterocycles. The Morgan fingerprint density at radius 1 is 1.29 bits per heavy atom. The van der Waals surface area contributed by atoms with Crippen LogP contribution in [0.5, 0.6) is 5.75 Å². The number of methoxy groups -OCH3 is 1. The second-order valence-corrected chi connectivity index (χ2v) is 5.39. The largest absolute Gasteiger partial charge is 0.495 e. The third-order valence-corrected chi connectivity index (χ3v) is 3.71. The molecule has 110 valence electrons. The van der Waals surface area contributed by atoms with E-state index < -0.39 is 5.97 Å². The second kappa shape index (κ2) is 6.05. The van der Waals surface area contributed by atoms with Crippen molar-refractivity contribution in [1.82, 2.24) is 0 Å². The monoisotopic (exact) mass is 350 g/mol. The summed E-state index contributed by atoms with van der Waals surface area (Å²) in [5.74, 6) is -0.363. The molecule has 0 heterocycles. The third kappa shape index (κ3) is 3.28. The highest BCUT2D eigenvalue weighted by Gasteiger charge is 2.12. The Morgan fingerprint density at radius 2 is 2.00 bits per heavy atom. The number of rotatable bonds is 4. The molecule has 21 heavy (non-hydrogen) atoms. The van der Waals surface area contributed by atoms with Crippen molar-refractivity contribution in [3.63, 3.8) is 0 Å². The van der Waals surface area contributed by atoms with Gasteiger partial charge in [-0.3, -0.25) is 0 Å². The van der Waals surface area contributed by atoms with Crippen LogP contribution in [0.15, 0.2) is 34.8 Å². The van der Waals surface area contributed by atoms with Gasteiger partial charge in [-0.1, -0.05) is 0 Å². The van der Waals surface area contributed by atoms with Gasteiger partial charge in [0.1, 0.15) is 5.75 Å². The average molecular weight is 351 g/mol. The van der Waals surface area contributed by atoms with Crippen LogP contribution < -0.4 is 15.8 Å². The average Bonchev–Trinajstić information content (AvgIpc) is 2.44. The lowest BCUT2D eigenvalue weighted by atomic mass is 10.1. The molecule has 6 heteroatoms. The first-order valence-electron chi connectivity index (χ1n) is 6.16. The molecule has 0 aliphatic heterocycles. The van der Waals surface area contributed by atoms with Crippen LogP contribution in [0.2, 0.25) is 0 Å². The van der Waals surface area contributed by atoms with E-state index >= 15 is 0 Å². The maximum atomic E-state index is 11.2. The Hall–Kier alpha value is -2.21. The van der Waals surface area contributed by atoms with Crippen LogP contribution in [0, 0.1) is 6.92 Å². The summed E-state index contributed by atoms with van der Waals surface area (Å²) in [4.78, 5) is 11.2.